The van der Waals surface area contributed by atoms with E-state index in [1.165, 1.54) is 0 Å². The molecule has 0 heterocycles. The zero-order valence-corrected chi connectivity index (χ0v) is 14.0. The van der Waals surface area contributed by atoms with Crippen LogP contribution in [0.3, 0.4) is 0 Å². The van der Waals surface area contributed by atoms with Crippen molar-refractivity contribution in [3.8, 4) is 0 Å². The van der Waals surface area contributed by atoms with Crippen molar-refractivity contribution in [1.29, 1.82) is 0 Å². The first kappa shape index (κ1) is 18.9. The fourth-order valence-corrected chi connectivity index (χ4v) is 2.07. The second-order valence-electron chi connectivity index (χ2n) is 6.66. The van der Waals surface area contributed by atoms with Gasteiger partial charge in [-0.1, -0.05) is 27.7 Å². The number of hydrogen-bond donors (Lipinski definition) is 1. The van der Waals surface area contributed by atoms with Gasteiger partial charge in [0.05, 0.1) is 17.8 Å². The van der Waals surface area contributed by atoms with E-state index in [2.05, 4.69) is 27.7 Å². The van der Waals surface area contributed by atoms with Crippen LogP contribution in [0.2, 0.25) is 0 Å². The monoisotopic (exact) mass is 274 g/mol. The highest BCUT2D eigenvalue weighted by Crippen LogP contribution is 2.40. The molecule has 0 amide bonds. The second kappa shape index (κ2) is 7.61. The van der Waals surface area contributed by atoms with E-state index in [0.717, 1.165) is 25.9 Å². The standard InChI is InChI=1S/C16H34O3/c1-8-15(5,17)11-13-19-16(6,9-2)14(3,4)10-12-18-7/h17H,8-13H2,1-7H3. The Balaban J connectivity index is 4.52. The van der Waals surface area contributed by atoms with Crippen molar-refractivity contribution in [2.24, 2.45) is 5.41 Å². The lowest BCUT2D eigenvalue weighted by Gasteiger charge is -2.44. The molecule has 0 spiro atoms. The molecule has 0 aliphatic rings. The van der Waals surface area contributed by atoms with E-state index in [1.54, 1.807) is 7.11 Å². The van der Waals surface area contributed by atoms with Crippen LogP contribution in [0.4, 0.5) is 0 Å². The summed E-state index contributed by atoms with van der Waals surface area (Å²) in [6.07, 6.45) is 3.36. The van der Waals surface area contributed by atoms with Crippen LogP contribution in [0.25, 0.3) is 0 Å². The summed E-state index contributed by atoms with van der Waals surface area (Å²) < 4.78 is 11.4. The maximum absolute atomic E-state index is 10.0. The summed E-state index contributed by atoms with van der Waals surface area (Å²) in [7, 11) is 1.73. The van der Waals surface area contributed by atoms with Gasteiger partial charge in [0, 0.05) is 13.7 Å². The van der Waals surface area contributed by atoms with Crippen molar-refractivity contribution in [2.75, 3.05) is 20.3 Å². The Morgan fingerprint density at radius 2 is 1.47 bits per heavy atom. The molecule has 3 nitrogen and oxygen atoms in total. The zero-order chi connectivity index (χ0) is 15.2. The predicted molar refractivity (Wildman–Crippen MR) is 80.5 cm³/mol. The van der Waals surface area contributed by atoms with Crippen LogP contribution in [-0.4, -0.2) is 36.6 Å². The zero-order valence-electron chi connectivity index (χ0n) is 14.0. The Kier molecular flexibility index (Phi) is 7.56. The molecule has 0 aromatic heterocycles. The summed E-state index contributed by atoms with van der Waals surface area (Å²) in [5, 5.41) is 10.0. The smallest absolute Gasteiger partial charge is 0.0703 e. The van der Waals surface area contributed by atoms with Crippen molar-refractivity contribution >= 4 is 0 Å². The third kappa shape index (κ3) is 5.80. The topological polar surface area (TPSA) is 38.7 Å². The Morgan fingerprint density at radius 3 is 1.89 bits per heavy atom. The average molecular weight is 274 g/mol. The van der Waals surface area contributed by atoms with Gasteiger partial charge in [0.15, 0.2) is 0 Å². The molecular formula is C16H34O3. The molecule has 0 fully saturated rings. The molecule has 19 heavy (non-hydrogen) atoms. The summed E-state index contributed by atoms with van der Waals surface area (Å²) in [5.41, 5.74) is -0.753. The summed E-state index contributed by atoms with van der Waals surface area (Å²) in [5.74, 6) is 0. The fraction of sp³-hybridized carbons (Fsp3) is 1.00. The lowest BCUT2D eigenvalue weighted by molar-refractivity contribution is -0.132. The molecule has 0 saturated carbocycles. The van der Waals surface area contributed by atoms with Gasteiger partial charge in [-0.25, -0.2) is 0 Å². The molecule has 0 rings (SSSR count). The maximum atomic E-state index is 10.0. The van der Waals surface area contributed by atoms with E-state index in [-0.39, 0.29) is 11.0 Å². The molecular weight excluding hydrogens is 240 g/mol. The van der Waals surface area contributed by atoms with Crippen molar-refractivity contribution < 1.29 is 14.6 Å². The summed E-state index contributed by atoms with van der Waals surface area (Å²) >= 11 is 0. The van der Waals surface area contributed by atoms with Gasteiger partial charge < -0.3 is 14.6 Å². The molecule has 3 heteroatoms. The maximum Gasteiger partial charge on any atom is 0.0703 e. The highest BCUT2D eigenvalue weighted by molar-refractivity contribution is 4.90. The molecule has 0 aliphatic heterocycles. The Bertz CT molecular complexity index is 248. The minimum Gasteiger partial charge on any atom is -0.390 e. The third-order valence-electron chi connectivity index (χ3n) is 4.86. The highest BCUT2D eigenvalue weighted by atomic mass is 16.5. The van der Waals surface area contributed by atoms with Gasteiger partial charge in [0.25, 0.3) is 0 Å². The van der Waals surface area contributed by atoms with Gasteiger partial charge >= 0.3 is 0 Å². The van der Waals surface area contributed by atoms with E-state index in [1.807, 2.05) is 13.8 Å². The first-order valence-corrected chi connectivity index (χ1v) is 7.49. The molecule has 116 valence electrons. The van der Waals surface area contributed by atoms with E-state index in [4.69, 9.17) is 9.47 Å². The molecule has 0 aliphatic carbocycles. The summed E-state index contributed by atoms with van der Waals surface area (Å²) in [6.45, 7) is 14.0. The van der Waals surface area contributed by atoms with Gasteiger partial charge in [-0.15, -0.1) is 0 Å². The van der Waals surface area contributed by atoms with Gasteiger partial charge in [-0.3, -0.25) is 0 Å². The molecule has 1 N–H and O–H groups in total. The number of hydrogen-bond acceptors (Lipinski definition) is 3. The van der Waals surface area contributed by atoms with Crippen LogP contribution >= 0.6 is 0 Å². The van der Waals surface area contributed by atoms with Crippen LogP contribution in [0.5, 0.6) is 0 Å². The predicted octanol–water partition coefficient (Wildman–Crippen LogP) is 3.79. The van der Waals surface area contributed by atoms with E-state index >= 15 is 0 Å². The largest absolute Gasteiger partial charge is 0.390 e. The van der Waals surface area contributed by atoms with E-state index in [9.17, 15) is 5.11 Å². The van der Waals surface area contributed by atoms with Crippen molar-refractivity contribution in [3.05, 3.63) is 0 Å². The van der Waals surface area contributed by atoms with Crippen molar-refractivity contribution in [1.82, 2.24) is 0 Å². The average Bonchev–Trinajstić information content (AvgIpc) is 2.35. The second-order valence-corrected chi connectivity index (χ2v) is 6.66. The van der Waals surface area contributed by atoms with Crippen LogP contribution in [0, 0.1) is 5.41 Å². The van der Waals surface area contributed by atoms with Crippen LogP contribution in [0.15, 0.2) is 0 Å². The van der Waals surface area contributed by atoms with Gasteiger partial charge in [0.2, 0.25) is 0 Å². The minimum absolute atomic E-state index is 0.0514. The molecule has 0 aromatic carbocycles. The molecule has 2 unspecified atom stereocenters. The van der Waals surface area contributed by atoms with E-state index in [0.29, 0.717) is 13.0 Å². The highest BCUT2D eigenvalue weighted by Gasteiger charge is 2.40. The van der Waals surface area contributed by atoms with Crippen molar-refractivity contribution in [2.45, 2.75) is 78.4 Å². The quantitative estimate of drug-likeness (QED) is 0.659. The van der Waals surface area contributed by atoms with Crippen LogP contribution in [-0.2, 0) is 9.47 Å². The summed E-state index contributed by atoms with van der Waals surface area (Å²) in [4.78, 5) is 0. The van der Waals surface area contributed by atoms with Crippen LogP contribution < -0.4 is 0 Å². The number of ether oxygens (including phenoxy) is 2. The number of aliphatic hydroxyl groups is 1. The Morgan fingerprint density at radius 1 is 0.895 bits per heavy atom. The van der Waals surface area contributed by atoms with Gasteiger partial charge in [-0.05, 0) is 44.9 Å². The molecule has 0 bridgehead atoms. The number of methoxy groups -OCH3 is 1. The number of rotatable bonds is 10. The lowest BCUT2D eigenvalue weighted by atomic mass is 9.72. The molecule has 0 radical (unpaired) electrons. The molecule has 0 aromatic rings. The lowest BCUT2D eigenvalue weighted by Crippen LogP contribution is -2.45. The van der Waals surface area contributed by atoms with Gasteiger partial charge in [0.1, 0.15) is 0 Å². The summed E-state index contributed by atoms with van der Waals surface area (Å²) in [6, 6.07) is 0. The Labute approximate surface area is 119 Å². The van der Waals surface area contributed by atoms with Crippen LogP contribution in [0.1, 0.15) is 67.2 Å². The Hall–Kier alpha value is -0.120. The minimum atomic E-state index is -0.620. The fourth-order valence-electron chi connectivity index (χ4n) is 2.07. The molecule has 0 saturated heterocycles. The third-order valence-corrected chi connectivity index (χ3v) is 4.86. The first-order chi connectivity index (χ1) is 8.64. The molecule has 2 atom stereocenters. The van der Waals surface area contributed by atoms with E-state index < -0.39 is 5.60 Å². The SMILES string of the molecule is CCC(C)(O)CCOC(C)(CC)C(C)(C)CCOC. The first-order valence-electron chi connectivity index (χ1n) is 7.49. The van der Waals surface area contributed by atoms with Crippen molar-refractivity contribution in [3.63, 3.8) is 0 Å². The normalized spacial score (nSPS) is 18.9. The van der Waals surface area contributed by atoms with Gasteiger partial charge in [-0.2, -0.15) is 0 Å².